The molecule has 218 valence electrons. The predicted molar refractivity (Wildman–Crippen MR) is 146 cm³/mol. The molecule has 0 saturated heterocycles. The van der Waals surface area contributed by atoms with Gasteiger partial charge in [0.2, 0.25) is 17.6 Å². The standard InChI is InChI=1S/C27H33N7O7/c1-3-29-25(40)20(35)7-6-17(31-23(38)15-9-19(22(28)37)30-12-15)24(39)32-18-5-4-8-34(26(18)41)13-21(36)33-27-10-16(11-27)14(27)2/h4-5,8-9,12,14,16-17,30H,3,6-7,10-11,13H2,1-2H3,(H2,28,37)(H,29,40)(H,31,38)(H,32,39)(H,33,36)/t14-,16?,17-,27?/m0/s1. The van der Waals surface area contributed by atoms with E-state index in [2.05, 4.69) is 33.2 Å². The van der Waals surface area contributed by atoms with E-state index in [1.807, 2.05) is 0 Å². The highest BCUT2D eigenvalue weighted by Gasteiger charge is 2.63. The van der Waals surface area contributed by atoms with Crippen LogP contribution in [0.4, 0.5) is 5.69 Å². The van der Waals surface area contributed by atoms with Crippen molar-refractivity contribution >= 4 is 41.0 Å². The van der Waals surface area contributed by atoms with Crippen molar-refractivity contribution in [2.24, 2.45) is 17.6 Å². The maximum atomic E-state index is 13.2. The molecule has 3 aliphatic carbocycles. The Morgan fingerprint density at radius 2 is 1.93 bits per heavy atom. The number of aromatic amines is 1. The fourth-order valence-corrected chi connectivity index (χ4v) is 5.22. The number of nitrogens with one attached hydrogen (secondary N) is 5. The molecule has 3 saturated carbocycles. The minimum Gasteiger partial charge on any atom is -0.364 e. The molecule has 2 atom stereocenters. The van der Waals surface area contributed by atoms with Gasteiger partial charge < -0.3 is 36.6 Å². The van der Waals surface area contributed by atoms with Crippen molar-refractivity contribution < 1.29 is 28.8 Å². The fourth-order valence-electron chi connectivity index (χ4n) is 5.22. The van der Waals surface area contributed by atoms with E-state index in [9.17, 15) is 33.6 Å². The van der Waals surface area contributed by atoms with Gasteiger partial charge in [0.1, 0.15) is 24.0 Å². The molecule has 2 heterocycles. The van der Waals surface area contributed by atoms with E-state index in [4.69, 9.17) is 5.73 Å². The smallest absolute Gasteiger partial charge is 0.287 e. The number of H-pyrrole nitrogens is 1. The Morgan fingerprint density at radius 3 is 2.51 bits per heavy atom. The number of amides is 5. The summed E-state index contributed by atoms with van der Waals surface area (Å²) in [5, 5.41) is 10.3. The third-order valence-corrected chi connectivity index (χ3v) is 7.90. The van der Waals surface area contributed by atoms with Crippen molar-refractivity contribution in [2.75, 3.05) is 11.9 Å². The van der Waals surface area contributed by atoms with Crippen LogP contribution in [0.3, 0.4) is 0 Å². The maximum Gasteiger partial charge on any atom is 0.287 e. The number of rotatable bonds is 13. The summed E-state index contributed by atoms with van der Waals surface area (Å²) in [5.74, 6) is -3.25. The van der Waals surface area contributed by atoms with E-state index < -0.39 is 41.0 Å². The Kier molecular flexibility index (Phi) is 8.40. The van der Waals surface area contributed by atoms with Crippen molar-refractivity contribution in [3.8, 4) is 0 Å². The predicted octanol–water partition coefficient (Wildman–Crippen LogP) is -0.587. The Labute approximate surface area is 234 Å². The molecule has 0 radical (unpaired) electrons. The van der Waals surface area contributed by atoms with Gasteiger partial charge in [-0.25, -0.2) is 0 Å². The molecule has 5 amide bonds. The van der Waals surface area contributed by atoms with Gasteiger partial charge in [-0.05, 0) is 56.2 Å². The fraction of sp³-hybridized carbons (Fsp3) is 0.444. The first-order chi connectivity index (χ1) is 19.4. The topological polar surface area (TPSA) is 214 Å². The van der Waals surface area contributed by atoms with Crippen molar-refractivity contribution in [2.45, 2.75) is 57.7 Å². The second kappa shape index (κ2) is 11.8. The molecular weight excluding hydrogens is 534 g/mol. The number of hydrogen-bond donors (Lipinski definition) is 6. The Morgan fingerprint density at radius 1 is 1.20 bits per heavy atom. The summed E-state index contributed by atoms with van der Waals surface area (Å²) in [6.07, 6.45) is 3.89. The zero-order valence-electron chi connectivity index (χ0n) is 22.7. The quantitative estimate of drug-likeness (QED) is 0.173. The molecular formula is C27H33N7O7. The SMILES string of the molecule is CCNC(=O)C(=O)CC[C@H](NC(=O)c1c[nH]c(C(N)=O)c1)C(=O)Nc1cccn(CC(=O)NC23CC(C2)[C@@H]3C)c1=O. The van der Waals surface area contributed by atoms with Gasteiger partial charge in [-0.15, -0.1) is 0 Å². The Bertz CT molecular complexity index is 1450. The summed E-state index contributed by atoms with van der Waals surface area (Å²) in [7, 11) is 0. The molecule has 41 heavy (non-hydrogen) atoms. The normalized spacial score (nSPS) is 20.9. The van der Waals surface area contributed by atoms with E-state index >= 15 is 0 Å². The van der Waals surface area contributed by atoms with Crippen molar-refractivity contribution in [1.29, 1.82) is 0 Å². The average Bonchev–Trinajstić information content (AvgIpc) is 3.42. The number of hydrogen-bond acceptors (Lipinski definition) is 7. The van der Waals surface area contributed by atoms with E-state index in [0.717, 1.165) is 12.8 Å². The van der Waals surface area contributed by atoms with Gasteiger partial charge in [-0.1, -0.05) is 6.92 Å². The van der Waals surface area contributed by atoms with Crippen LogP contribution < -0.4 is 32.6 Å². The van der Waals surface area contributed by atoms with Gasteiger partial charge in [0.05, 0.1) is 5.56 Å². The monoisotopic (exact) mass is 567 g/mol. The molecule has 14 heteroatoms. The molecule has 3 fully saturated rings. The van der Waals surface area contributed by atoms with E-state index in [0.29, 0.717) is 11.8 Å². The van der Waals surface area contributed by atoms with Gasteiger partial charge >= 0.3 is 0 Å². The second-order valence-corrected chi connectivity index (χ2v) is 10.5. The lowest BCUT2D eigenvalue weighted by Gasteiger charge is -2.67. The highest BCUT2D eigenvalue weighted by atomic mass is 16.2. The minimum absolute atomic E-state index is 0.00207. The zero-order valence-corrected chi connectivity index (χ0v) is 22.7. The summed E-state index contributed by atoms with van der Waals surface area (Å²) in [6.45, 7) is 3.73. The molecule has 2 aromatic heterocycles. The van der Waals surface area contributed by atoms with Crippen LogP contribution in [0.1, 0.15) is 60.4 Å². The van der Waals surface area contributed by atoms with Gasteiger partial charge in [-0.3, -0.25) is 33.6 Å². The van der Waals surface area contributed by atoms with Crippen LogP contribution >= 0.6 is 0 Å². The molecule has 0 spiro atoms. The largest absolute Gasteiger partial charge is 0.364 e. The first-order valence-corrected chi connectivity index (χ1v) is 13.4. The van der Waals surface area contributed by atoms with Crippen LogP contribution in [-0.4, -0.2) is 63.0 Å². The molecule has 0 aliphatic heterocycles. The van der Waals surface area contributed by atoms with Crippen LogP contribution in [0.5, 0.6) is 0 Å². The highest BCUT2D eigenvalue weighted by molar-refractivity contribution is 6.36. The zero-order chi connectivity index (χ0) is 29.9. The summed E-state index contributed by atoms with van der Waals surface area (Å²) >= 11 is 0. The van der Waals surface area contributed by atoms with Crippen LogP contribution in [-0.2, 0) is 25.7 Å². The molecule has 14 nitrogen and oxygen atoms in total. The number of carbonyl (C=O) groups excluding carboxylic acids is 6. The third kappa shape index (κ3) is 6.21. The number of likely N-dealkylation sites (N-methyl/N-ethyl adjacent to an activating group) is 1. The number of nitrogens with zero attached hydrogens (tertiary/aromatic N) is 1. The van der Waals surface area contributed by atoms with Gasteiger partial charge in [0, 0.05) is 30.9 Å². The lowest BCUT2D eigenvalue weighted by molar-refractivity contribution is -0.151. The Balaban J connectivity index is 1.45. The summed E-state index contributed by atoms with van der Waals surface area (Å²) in [6, 6.07) is 2.70. The number of ketones is 1. The van der Waals surface area contributed by atoms with Crippen LogP contribution in [0.2, 0.25) is 0 Å². The highest BCUT2D eigenvalue weighted by Crippen LogP contribution is 2.61. The summed E-state index contributed by atoms with van der Waals surface area (Å²) in [4.78, 5) is 89.7. The molecule has 2 bridgehead atoms. The average molecular weight is 568 g/mol. The Hall–Kier alpha value is -4.75. The van der Waals surface area contributed by atoms with Crippen molar-refractivity contribution in [3.05, 3.63) is 52.2 Å². The number of aromatic nitrogens is 2. The van der Waals surface area contributed by atoms with Crippen LogP contribution in [0, 0.1) is 11.8 Å². The third-order valence-electron chi connectivity index (χ3n) is 7.90. The molecule has 7 N–H and O–H groups in total. The number of Topliss-reactive ketones (excluding diaryl/α,β-unsaturated/α-hetero) is 1. The maximum absolute atomic E-state index is 13.2. The summed E-state index contributed by atoms with van der Waals surface area (Å²) < 4.78 is 1.17. The van der Waals surface area contributed by atoms with Gasteiger partial charge in [0.25, 0.3) is 23.3 Å². The number of pyridine rings is 1. The van der Waals surface area contributed by atoms with Gasteiger partial charge in [-0.2, -0.15) is 0 Å². The van der Waals surface area contributed by atoms with Crippen molar-refractivity contribution in [1.82, 2.24) is 25.5 Å². The number of primary amides is 1. The first kappa shape index (κ1) is 29.2. The van der Waals surface area contributed by atoms with Crippen molar-refractivity contribution in [3.63, 3.8) is 0 Å². The lowest BCUT2D eigenvalue weighted by Crippen LogP contribution is -2.74. The number of carbonyl (C=O) groups is 6. The van der Waals surface area contributed by atoms with Gasteiger partial charge in [0.15, 0.2) is 0 Å². The summed E-state index contributed by atoms with van der Waals surface area (Å²) in [5.41, 5.74) is 4.20. The van der Waals surface area contributed by atoms with E-state index in [1.165, 1.54) is 35.2 Å². The number of anilines is 1. The number of nitrogens with two attached hydrogens (primary N) is 1. The molecule has 0 unspecified atom stereocenters. The first-order valence-electron chi connectivity index (χ1n) is 13.4. The van der Waals surface area contributed by atoms with Crippen LogP contribution in [0.15, 0.2) is 35.4 Å². The molecule has 5 rings (SSSR count). The molecule has 3 aliphatic rings. The minimum atomic E-state index is -1.34. The lowest BCUT2D eigenvalue weighted by atomic mass is 9.43. The molecule has 0 aromatic carbocycles. The van der Waals surface area contributed by atoms with E-state index in [-0.39, 0.29) is 54.3 Å². The van der Waals surface area contributed by atoms with E-state index in [1.54, 1.807) is 6.92 Å². The van der Waals surface area contributed by atoms with Crippen LogP contribution in [0.25, 0.3) is 0 Å². The second-order valence-electron chi connectivity index (χ2n) is 10.5. The molecule has 2 aromatic rings.